The summed E-state index contributed by atoms with van der Waals surface area (Å²) >= 11 is 0. The van der Waals surface area contributed by atoms with Gasteiger partial charge >= 0.3 is 5.97 Å². The molecule has 2 atom stereocenters. The van der Waals surface area contributed by atoms with E-state index in [-0.39, 0.29) is 5.92 Å². The maximum Gasteiger partial charge on any atom is 0.307 e. The van der Waals surface area contributed by atoms with E-state index in [1.807, 2.05) is 0 Å². The molecule has 0 saturated carbocycles. The Balaban J connectivity index is 1.94. The highest BCUT2D eigenvalue weighted by molar-refractivity contribution is 5.86. The van der Waals surface area contributed by atoms with Gasteiger partial charge in [0.2, 0.25) is 0 Å². The van der Waals surface area contributed by atoms with Gasteiger partial charge in [-0.2, -0.15) is 0 Å². The Morgan fingerprint density at radius 2 is 2.05 bits per heavy atom. The molecule has 0 aromatic heterocycles. The van der Waals surface area contributed by atoms with Gasteiger partial charge in [0.05, 0.1) is 5.92 Å². The fourth-order valence-corrected chi connectivity index (χ4v) is 3.71. The lowest BCUT2D eigenvalue weighted by molar-refractivity contribution is -0.144. The minimum Gasteiger partial charge on any atom is -0.481 e. The quantitative estimate of drug-likeness (QED) is 0.924. The van der Waals surface area contributed by atoms with Crippen LogP contribution in [0, 0.1) is 5.92 Å². The summed E-state index contributed by atoms with van der Waals surface area (Å²) < 4.78 is 0. The largest absolute Gasteiger partial charge is 0.481 e. The molecule has 0 bridgehead atoms. The maximum atomic E-state index is 11.3. The molecule has 1 N–H and O–H groups in total. The Hall–Kier alpha value is -1.87. The predicted molar refractivity (Wildman–Crippen MR) is 88.9 cm³/mol. The molecule has 116 valence electrons. The highest BCUT2D eigenvalue weighted by Crippen LogP contribution is 2.33. The Kier molecular flexibility index (Phi) is 4.44. The van der Waals surface area contributed by atoms with Crippen molar-refractivity contribution in [1.82, 2.24) is 4.90 Å². The summed E-state index contributed by atoms with van der Waals surface area (Å²) in [7, 11) is 0. The molecule has 0 amide bonds. The van der Waals surface area contributed by atoms with Crippen molar-refractivity contribution in [3.63, 3.8) is 0 Å². The van der Waals surface area contributed by atoms with Crippen LogP contribution in [0.5, 0.6) is 0 Å². The fraction of sp³-hybridized carbons (Fsp3) is 0.421. The lowest BCUT2D eigenvalue weighted by Crippen LogP contribution is -2.40. The molecule has 2 unspecified atom stereocenters. The molecule has 3 nitrogen and oxygen atoms in total. The van der Waals surface area contributed by atoms with Crippen LogP contribution < -0.4 is 0 Å². The molecule has 1 fully saturated rings. The maximum absolute atomic E-state index is 11.3. The third kappa shape index (κ3) is 2.86. The smallest absolute Gasteiger partial charge is 0.307 e. The molecule has 0 aliphatic carbocycles. The fourth-order valence-electron chi connectivity index (χ4n) is 3.71. The number of hydrogen-bond donors (Lipinski definition) is 1. The summed E-state index contributed by atoms with van der Waals surface area (Å²) in [6.07, 6.45) is 2.77. The molecular formula is C19H23NO2. The Morgan fingerprint density at radius 3 is 2.82 bits per heavy atom. The molecule has 0 spiro atoms. The summed E-state index contributed by atoms with van der Waals surface area (Å²) in [6, 6.07) is 15.2. The molecule has 1 saturated heterocycles. The summed E-state index contributed by atoms with van der Waals surface area (Å²) in [6.45, 7) is 3.85. The average Bonchev–Trinajstić information content (AvgIpc) is 2.56. The van der Waals surface area contributed by atoms with Crippen molar-refractivity contribution in [2.75, 3.05) is 13.1 Å². The molecule has 2 aromatic rings. The lowest BCUT2D eigenvalue weighted by Gasteiger charge is -2.37. The third-order valence-electron chi connectivity index (χ3n) is 4.81. The second-order valence-corrected chi connectivity index (χ2v) is 6.16. The highest BCUT2D eigenvalue weighted by Gasteiger charge is 2.30. The molecule has 1 heterocycles. The molecular weight excluding hydrogens is 274 g/mol. The van der Waals surface area contributed by atoms with E-state index >= 15 is 0 Å². The van der Waals surface area contributed by atoms with E-state index in [0.29, 0.717) is 12.6 Å². The monoisotopic (exact) mass is 297 g/mol. The number of carbonyl (C=O) groups is 1. The summed E-state index contributed by atoms with van der Waals surface area (Å²) in [5.41, 5.74) is 1.33. The van der Waals surface area contributed by atoms with Crippen molar-refractivity contribution in [1.29, 1.82) is 0 Å². The van der Waals surface area contributed by atoms with Gasteiger partial charge in [-0.3, -0.25) is 9.69 Å². The zero-order valence-corrected chi connectivity index (χ0v) is 13.0. The first-order chi connectivity index (χ1) is 10.7. The van der Waals surface area contributed by atoms with Crippen molar-refractivity contribution < 1.29 is 9.90 Å². The van der Waals surface area contributed by atoms with Crippen LogP contribution >= 0.6 is 0 Å². The molecule has 1 aliphatic rings. The SMILES string of the molecule is CCC(c1cccc2ccccc12)N1CCCC(C(=O)O)C1. The molecule has 1 aliphatic heterocycles. The van der Waals surface area contributed by atoms with Crippen LogP contribution in [-0.4, -0.2) is 29.1 Å². The van der Waals surface area contributed by atoms with E-state index in [1.54, 1.807) is 0 Å². The first kappa shape index (κ1) is 15.0. The number of likely N-dealkylation sites (tertiary alicyclic amines) is 1. The van der Waals surface area contributed by atoms with Crippen LogP contribution in [0.2, 0.25) is 0 Å². The van der Waals surface area contributed by atoms with Crippen molar-refractivity contribution >= 4 is 16.7 Å². The second kappa shape index (κ2) is 6.49. The number of piperidine rings is 1. The zero-order chi connectivity index (χ0) is 15.5. The van der Waals surface area contributed by atoms with Gasteiger partial charge in [-0.05, 0) is 42.1 Å². The summed E-state index contributed by atoms with van der Waals surface area (Å²) in [4.78, 5) is 13.7. The minimum absolute atomic E-state index is 0.224. The van der Waals surface area contributed by atoms with E-state index in [9.17, 15) is 9.90 Å². The van der Waals surface area contributed by atoms with E-state index in [1.165, 1.54) is 16.3 Å². The van der Waals surface area contributed by atoms with Gasteiger partial charge in [0.15, 0.2) is 0 Å². The second-order valence-electron chi connectivity index (χ2n) is 6.16. The zero-order valence-electron chi connectivity index (χ0n) is 13.0. The van der Waals surface area contributed by atoms with Crippen LogP contribution in [0.4, 0.5) is 0 Å². The van der Waals surface area contributed by atoms with Gasteiger partial charge in [0.25, 0.3) is 0 Å². The Bertz CT molecular complexity index is 662. The van der Waals surface area contributed by atoms with Crippen molar-refractivity contribution in [3.05, 3.63) is 48.0 Å². The molecule has 22 heavy (non-hydrogen) atoms. The van der Waals surface area contributed by atoms with Crippen molar-refractivity contribution in [2.24, 2.45) is 5.92 Å². The molecule has 3 heteroatoms. The van der Waals surface area contributed by atoms with Gasteiger partial charge in [-0.15, -0.1) is 0 Å². The van der Waals surface area contributed by atoms with Crippen LogP contribution in [0.15, 0.2) is 42.5 Å². The molecule has 3 rings (SSSR count). The summed E-state index contributed by atoms with van der Waals surface area (Å²) in [5.74, 6) is -0.879. The van der Waals surface area contributed by atoms with Gasteiger partial charge in [-0.1, -0.05) is 49.4 Å². The van der Waals surface area contributed by atoms with E-state index in [0.717, 1.165) is 25.8 Å². The van der Waals surface area contributed by atoms with E-state index in [4.69, 9.17) is 0 Å². The van der Waals surface area contributed by atoms with E-state index < -0.39 is 5.97 Å². The van der Waals surface area contributed by atoms with Gasteiger partial charge in [0, 0.05) is 12.6 Å². The third-order valence-corrected chi connectivity index (χ3v) is 4.81. The number of hydrogen-bond acceptors (Lipinski definition) is 2. The van der Waals surface area contributed by atoms with Crippen LogP contribution in [0.3, 0.4) is 0 Å². The van der Waals surface area contributed by atoms with Gasteiger partial charge in [0.1, 0.15) is 0 Å². The van der Waals surface area contributed by atoms with Crippen molar-refractivity contribution in [2.45, 2.75) is 32.2 Å². The highest BCUT2D eigenvalue weighted by atomic mass is 16.4. The number of rotatable bonds is 4. The normalized spacial score (nSPS) is 20.9. The number of nitrogens with zero attached hydrogens (tertiary/aromatic N) is 1. The summed E-state index contributed by atoms with van der Waals surface area (Å²) in [5, 5.41) is 11.9. The Morgan fingerprint density at radius 1 is 1.27 bits per heavy atom. The van der Waals surface area contributed by atoms with Crippen LogP contribution in [-0.2, 0) is 4.79 Å². The van der Waals surface area contributed by atoms with Crippen molar-refractivity contribution in [3.8, 4) is 0 Å². The van der Waals surface area contributed by atoms with Crippen LogP contribution in [0.25, 0.3) is 10.8 Å². The van der Waals surface area contributed by atoms with Crippen LogP contribution in [0.1, 0.15) is 37.8 Å². The lowest BCUT2D eigenvalue weighted by atomic mass is 9.91. The number of fused-ring (bicyclic) bond motifs is 1. The average molecular weight is 297 g/mol. The minimum atomic E-state index is -0.655. The first-order valence-corrected chi connectivity index (χ1v) is 8.15. The number of carboxylic acids is 1. The first-order valence-electron chi connectivity index (χ1n) is 8.15. The molecule has 0 radical (unpaired) electrons. The Labute approximate surface area is 131 Å². The van der Waals surface area contributed by atoms with Gasteiger partial charge < -0.3 is 5.11 Å². The van der Waals surface area contributed by atoms with E-state index in [2.05, 4.69) is 54.3 Å². The predicted octanol–water partition coefficient (Wildman–Crippen LogP) is 4.09. The molecule has 2 aromatic carbocycles. The number of aliphatic carboxylic acids is 1. The standard InChI is InChI=1S/C19H23NO2/c1-2-18(20-12-6-9-15(13-20)19(21)22)17-11-5-8-14-7-3-4-10-16(14)17/h3-5,7-8,10-11,15,18H,2,6,9,12-13H2,1H3,(H,21,22). The topological polar surface area (TPSA) is 40.5 Å². The number of benzene rings is 2. The van der Waals surface area contributed by atoms with Gasteiger partial charge in [-0.25, -0.2) is 0 Å². The number of carboxylic acid groups (broad SMARTS) is 1.